The number of benzene rings is 3. The van der Waals surface area contributed by atoms with Gasteiger partial charge in [0.25, 0.3) is 0 Å². The zero-order chi connectivity index (χ0) is 19.4. The fraction of sp³-hybridized carbons (Fsp3) is 0.0455. The van der Waals surface area contributed by atoms with Crippen LogP contribution in [-0.4, -0.2) is 17.7 Å². The zero-order valence-corrected chi connectivity index (χ0v) is 14.2. The monoisotopic (exact) mass is 358 g/mol. The van der Waals surface area contributed by atoms with Crippen molar-refractivity contribution in [2.75, 3.05) is 0 Å². The number of fused-ring (bicyclic) bond motifs is 1. The third kappa shape index (κ3) is 3.77. The molecule has 5 nitrogen and oxygen atoms in total. The minimum Gasteiger partial charge on any atom is -0.545 e. The first kappa shape index (κ1) is 18.1. The van der Waals surface area contributed by atoms with Crippen molar-refractivity contribution in [2.45, 2.75) is 6.42 Å². The maximum absolute atomic E-state index is 12.8. The molecule has 0 spiro atoms. The van der Waals surface area contributed by atoms with Gasteiger partial charge in [0, 0.05) is 17.6 Å². The van der Waals surface area contributed by atoms with Gasteiger partial charge in [0.15, 0.2) is 5.78 Å². The van der Waals surface area contributed by atoms with Gasteiger partial charge in [0.2, 0.25) is 0 Å². The Kier molecular flexibility index (Phi) is 5.13. The van der Waals surface area contributed by atoms with E-state index in [1.54, 1.807) is 42.5 Å². The second-order valence-electron chi connectivity index (χ2n) is 5.92. The summed E-state index contributed by atoms with van der Waals surface area (Å²) in [5.41, 5.74) is -0.705. The van der Waals surface area contributed by atoms with E-state index >= 15 is 0 Å². The molecular formula is C22H14O5-2. The van der Waals surface area contributed by atoms with Crippen LogP contribution in [0, 0.1) is 0 Å². The number of rotatable bonds is 6. The summed E-state index contributed by atoms with van der Waals surface area (Å²) in [6, 6.07) is 20.0. The number of carboxylic acid groups (broad SMARTS) is 2. The number of ketones is 1. The molecule has 0 atom stereocenters. The normalized spacial score (nSPS) is 11.7. The predicted molar refractivity (Wildman–Crippen MR) is 96.3 cm³/mol. The molecule has 5 heteroatoms. The highest BCUT2D eigenvalue weighted by atomic mass is 16.4. The van der Waals surface area contributed by atoms with Gasteiger partial charge in [-0.15, -0.1) is 0 Å². The molecule has 0 heterocycles. The van der Waals surface area contributed by atoms with Gasteiger partial charge in [-0.3, -0.25) is 4.79 Å². The lowest BCUT2D eigenvalue weighted by Crippen LogP contribution is -2.32. The molecule has 134 valence electrons. The Morgan fingerprint density at radius 2 is 1.33 bits per heavy atom. The van der Waals surface area contributed by atoms with Gasteiger partial charge in [-0.2, -0.15) is 0 Å². The molecular weight excluding hydrogens is 344 g/mol. The van der Waals surface area contributed by atoms with Crippen molar-refractivity contribution in [2.24, 2.45) is 0 Å². The molecule has 0 amide bonds. The van der Waals surface area contributed by atoms with Crippen molar-refractivity contribution in [3.8, 4) is 0 Å². The Bertz CT molecular complexity index is 1060. The molecule has 0 saturated heterocycles. The largest absolute Gasteiger partial charge is 0.545 e. The van der Waals surface area contributed by atoms with Gasteiger partial charge in [0.05, 0.1) is 11.9 Å². The van der Waals surface area contributed by atoms with E-state index in [1.165, 1.54) is 12.1 Å². The van der Waals surface area contributed by atoms with Crippen LogP contribution in [0.1, 0.15) is 22.3 Å². The molecule has 0 fully saturated rings. The summed E-state index contributed by atoms with van der Waals surface area (Å²) in [6.07, 6.45) is -0.617. The van der Waals surface area contributed by atoms with Crippen LogP contribution < -0.4 is 10.2 Å². The lowest BCUT2D eigenvalue weighted by molar-refractivity contribution is -0.301. The highest BCUT2D eigenvalue weighted by molar-refractivity contribution is 6.23. The van der Waals surface area contributed by atoms with Crippen LogP contribution in [0.5, 0.6) is 0 Å². The van der Waals surface area contributed by atoms with Gasteiger partial charge in [-0.1, -0.05) is 72.8 Å². The lowest BCUT2D eigenvalue weighted by Gasteiger charge is -2.17. The molecule has 0 bridgehead atoms. The van der Waals surface area contributed by atoms with E-state index < -0.39 is 35.3 Å². The van der Waals surface area contributed by atoms with Gasteiger partial charge in [0.1, 0.15) is 0 Å². The van der Waals surface area contributed by atoms with Crippen LogP contribution in [0.2, 0.25) is 0 Å². The smallest absolute Gasteiger partial charge is 0.167 e. The molecule has 0 saturated carbocycles. The van der Waals surface area contributed by atoms with Crippen LogP contribution in [-0.2, 0) is 9.59 Å². The molecule has 0 aliphatic heterocycles. The summed E-state index contributed by atoms with van der Waals surface area (Å²) >= 11 is 0. The molecule has 0 aromatic heterocycles. The number of aliphatic carboxylic acids is 2. The second kappa shape index (κ2) is 7.66. The first-order valence-electron chi connectivity index (χ1n) is 8.21. The summed E-state index contributed by atoms with van der Waals surface area (Å²) in [7, 11) is 0. The Morgan fingerprint density at radius 1 is 0.704 bits per heavy atom. The number of hydrogen-bond acceptors (Lipinski definition) is 5. The van der Waals surface area contributed by atoms with E-state index in [4.69, 9.17) is 0 Å². The van der Waals surface area contributed by atoms with Crippen molar-refractivity contribution in [3.05, 3.63) is 89.5 Å². The van der Waals surface area contributed by atoms with E-state index in [9.17, 15) is 24.6 Å². The van der Waals surface area contributed by atoms with Crippen molar-refractivity contribution < 1.29 is 24.6 Å². The summed E-state index contributed by atoms with van der Waals surface area (Å²) in [4.78, 5) is 36.0. The molecule has 3 aromatic rings. The predicted octanol–water partition coefficient (Wildman–Crippen LogP) is 1.37. The van der Waals surface area contributed by atoms with E-state index in [0.29, 0.717) is 10.9 Å². The molecule has 0 radical (unpaired) electrons. The quantitative estimate of drug-likeness (QED) is 0.490. The summed E-state index contributed by atoms with van der Waals surface area (Å²) in [5.74, 6) is -3.90. The number of carboxylic acids is 2. The van der Waals surface area contributed by atoms with Gasteiger partial charge < -0.3 is 19.8 Å². The maximum atomic E-state index is 12.8. The first-order valence-corrected chi connectivity index (χ1v) is 8.21. The summed E-state index contributed by atoms with van der Waals surface area (Å²) in [6.45, 7) is 0. The van der Waals surface area contributed by atoms with Crippen LogP contribution in [0.15, 0.2) is 78.4 Å². The Balaban J connectivity index is 2.09. The number of carbonyl (C=O) groups excluding carboxylic acids is 3. The third-order valence-electron chi connectivity index (χ3n) is 4.24. The van der Waals surface area contributed by atoms with Gasteiger partial charge >= 0.3 is 0 Å². The molecule has 0 aliphatic rings. The molecule has 3 rings (SSSR count). The Hall–Kier alpha value is -3.73. The average molecular weight is 358 g/mol. The van der Waals surface area contributed by atoms with E-state index in [0.717, 1.165) is 5.39 Å². The maximum Gasteiger partial charge on any atom is 0.167 e. The van der Waals surface area contributed by atoms with Crippen LogP contribution in [0.4, 0.5) is 0 Å². The number of carbonyl (C=O) groups is 3. The van der Waals surface area contributed by atoms with E-state index in [-0.39, 0.29) is 5.56 Å². The fourth-order valence-corrected chi connectivity index (χ4v) is 3.01. The van der Waals surface area contributed by atoms with Crippen molar-refractivity contribution in [1.29, 1.82) is 0 Å². The van der Waals surface area contributed by atoms with Crippen molar-refractivity contribution in [1.82, 2.24) is 0 Å². The fourth-order valence-electron chi connectivity index (χ4n) is 3.01. The molecule has 0 N–H and O–H groups in total. The summed E-state index contributed by atoms with van der Waals surface area (Å²) < 4.78 is 0. The Morgan fingerprint density at radius 3 is 2.00 bits per heavy atom. The molecule has 27 heavy (non-hydrogen) atoms. The third-order valence-corrected chi connectivity index (χ3v) is 4.24. The molecule has 0 unspecified atom stereocenters. The molecule has 0 aliphatic carbocycles. The second-order valence-corrected chi connectivity index (χ2v) is 5.92. The molecule has 3 aromatic carbocycles. The minimum atomic E-state index is -1.72. The highest BCUT2D eigenvalue weighted by Gasteiger charge is 2.18. The Labute approximate surface area is 155 Å². The van der Waals surface area contributed by atoms with Crippen molar-refractivity contribution >= 4 is 34.1 Å². The van der Waals surface area contributed by atoms with Crippen LogP contribution >= 0.6 is 0 Å². The van der Waals surface area contributed by atoms with Gasteiger partial charge in [-0.25, -0.2) is 0 Å². The van der Waals surface area contributed by atoms with Gasteiger partial charge in [-0.05, 0) is 21.9 Å². The average Bonchev–Trinajstić information content (AvgIpc) is 2.67. The van der Waals surface area contributed by atoms with Crippen LogP contribution in [0.3, 0.4) is 0 Å². The number of Topliss-reactive ketones (excluding diaryl/α,β-unsaturated/α-hetero) is 1. The topological polar surface area (TPSA) is 97.3 Å². The number of hydrogen-bond donors (Lipinski definition) is 0. The zero-order valence-electron chi connectivity index (χ0n) is 14.2. The first-order chi connectivity index (χ1) is 13.0. The van der Waals surface area contributed by atoms with E-state index in [1.807, 2.05) is 18.2 Å². The van der Waals surface area contributed by atoms with Crippen molar-refractivity contribution in [3.63, 3.8) is 0 Å². The SMILES string of the molecule is O=C([O-])/C(CC(=O)c1cccc2ccccc12)=C(/C(=O)[O-])c1ccccc1. The lowest BCUT2D eigenvalue weighted by atomic mass is 9.92. The minimum absolute atomic E-state index is 0.141. The highest BCUT2D eigenvalue weighted by Crippen LogP contribution is 2.25. The van der Waals surface area contributed by atoms with E-state index in [2.05, 4.69) is 0 Å². The summed E-state index contributed by atoms with van der Waals surface area (Å²) in [5, 5.41) is 24.7. The standard InChI is InChI=1S/C22H16O5/c23-19(17-12-6-10-14-7-4-5-11-16(14)17)13-18(21(24)25)20(22(26)27)15-8-2-1-3-9-15/h1-12H,13H2,(H,24,25)(H,26,27)/p-2/b20-18+. The van der Waals surface area contributed by atoms with Crippen LogP contribution in [0.25, 0.3) is 16.3 Å².